The van der Waals surface area contributed by atoms with Gasteiger partial charge < -0.3 is 4.74 Å². The van der Waals surface area contributed by atoms with Gasteiger partial charge in [-0.05, 0) is 30.3 Å². The Kier molecular flexibility index (Phi) is 3.96. The van der Waals surface area contributed by atoms with E-state index in [1.807, 2.05) is 0 Å². The van der Waals surface area contributed by atoms with Crippen LogP contribution in [0.15, 0.2) is 53.2 Å². The smallest absolute Gasteiger partial charge is 0.363 e. The SMILES string of the molecule is O=C1OC(c2cc(Cl)ccc2Cl)=N/C1=C\c1ccccc1F. The first-order valence-corrected chi connectivity index (χ1v) is 7.03. The standard InChI is InChI=1S/C16H8Cl2FNO2/c17-10-5-6-12(18)11(8-10)15-20-14(16(21)22-15)7-9-3-1-2-4-13(9)19/h1-8H/b14-7-. The van der Waals surface area contributed by atoms with Crippen LogP contribution in [-0.4, -0.2) is 11.9 Å². The molecule has 0 bridgehead atoms. The van der Waals surface area contributed by atoms with E-state index in [1.54, 1.807) is 30.3 Å². The summed E-state index contributed by atoms with van der Waals surface area (Å²) < 4.78 is 18.7. The van der Waals surface area contributed by atoms with Crippen molar-refractivity contribution in [2.75, 3.05) is 0 Å². The minimum absolute atomic E-state index is 0.00357. The lowest BCUT2D eigenvalue weighted by Crippen LogP contribution is -2.06. The maximum atomic E-state index is 13.6. The molecule has 2 aromatic carbocycles. The molecule has 2 aromatic rings. The highest BCUT2D eigenvalue weighted by Gasteiger charge is 2.26. The number of cyclic esters (lactones) is 1. The van der Waals surface area contributed by atoms with Crippen LogP contribution in [0.25, 0.3) is 6.08 Å². The fourth-order valence-corrected chi connectivity index (χ4v) is 2.30. The number of carbonyl (C=O) groups excluding carboxylic acids is 1. The fraction of sp³-hybridized carbons (Fsp3) is 0. The molecule has 1 aliphatic heterocycles. The minimum Gasteiger partial charge on any atom is -0.402 e. The van der Waals surface area contributed by atoms with Gasteiger partial charge in [-0.15, -0.1) is 0 Å². The topological polar surface area (TPSA) is 38.7 Å². The molecule has 0 unspecified atom stereocenters. The van der Waals surface area contributed by atoms with Gasteiger partial charge in [-0.3, -0.25) is 0 Å². The number of benzene rings is 2. The van der Waals surface area contributed by atoms with Crippen LogP contribution in [0.3, 0.4) is 0 Å². The number of carbonyl (C=O) groups is 1. The van der Waals surface area contributed by atoms with E-state index in [-0.39, 0.29) is 17.2 Å². The number of esters is 1. The molecule has 0 aromatic heterocycles. The van der Waals surface area contributed by atoms with Crippen molar-refractivity contribution < 1.29 is 13.9 Å². The number of ether oxygens (including phenoxy) is 1. The van der Waals surface area contributed by atoms with Crippen molar-refractivity contribution in [1.82, 2.24) is 0 Å². The Bertz CT molecular complexity index is 831. The number of aliphatic imine (C=N–C) groups is 1. The van der Waals surface area contributed by atoms with Crippen LogP contribution in [0.4, 0.5) is 4.39 Å². The molecule has 1 heterocycles. The third kappa shape index (κ3) is 2.89. The maximum Gasteiger partial charge on any atom is 0.363 e. The van der Waals surface area contributed by atoms with Gasteiger partial charge in [-0.1, -0.05) is 41.4 Å². The van der Waals surface area contributed by atoms with E-state index in [0.29, 0.717) is 15.6 Å². The summed E-state index contributed by atoms with van der Waals surface area (Å²) in [5, 5.41) is 0.785. The van der Waals surface area contributed by atoms with Crippen LogP contribution < -0.4 is 0 Å². The van der Waals surface area contributed by atoms with E-state index >= 15 is 0 Å². The van der Waals surface area contributed by atoms with E-state index in [9.17, 15) is 9.18 Å². The van der Waals surface area contributed by atoms with Crippen molar-refractivity contribution in [1.29, 1.82) is 0 Å². The van der Waals surface area contributed by atoms with Gasteiger partial charge in [0.2, 0.25) is 5.90 Å². The Morgan fingerprint density at radius 1 is 1.14 bits per heavy atom. The zero-order valence-corrected chi connectivity index (χ0v) is 12.5. The van der Waals surface area contributed by atoms with Crippen molar-refractivity contribution in [3.05, 3.63) is 75.2 Å². The van der Waals surface area contributed by atoms with Crippen LogP contribution >= 0.6 is 23.2 Å². The van der Waals surface area contributed by atoms with E-state index in [1.165, 1.54) is 18.2 Å². The Morgan fingerprint density at radius 2 is 1.91 bits per heavy atom. The molecule has 0 amide bonds. The van der Waals surface area contributed by atoms with Gasteiger partial charge in [0.25, 0.3) is 0 Å². The normalized spacial score (nSPS) is 15.9. The lowest BCUT2D eigenvalue weighted by atomic mass is 10.2. The molecule has 6 heteroatoms. The van der Waals surface area contributed by atoms with Crippen molar-refractivity contribution in [2.24, 2.45) is 4.99 Å². The molecule has 0 saturated carbocycles. The molecule has 0 atom stereocenters. The first-order chi connectivity index (χ1) is 10.5. The zero-order valence-electron chi connectivity index (χ0n) is 11.0. The number of hydrogen-bond donors (Lipinski definition) is 0. The van der Waals surface area contributed by atoms with E-state index in [4.69, 9.17) is 27.9 Å². The second kappa shape index (κ2) is 5.91. The van der Waals surface area contributed by atoms with Crippen LogP contribution in [0.2, 0.25) is 10.0 Å². The third-order valence-electron chi connectivity index (χ3n) is 2.98. The van der Waals surface area contributed by atoms with Gasteiger partial charge in [0.1, 0.15) is 5.82 Å². The Balaban J connectivity index is 2.02. The summed E-state index contributed by atoms with van der Waals surface area (Å²) in [5.74, 6) is -1.08. The average Bonchev–Trinajstić information content (AvgIpc) is 2.85. The largest absolute Gasteiger partial charge is 0.402 e. The highest BCUT2D eigenvalue weighted by atomic mass is 35.5. The molecule has 0 fully saturated rings. The average molecular weight is 336 g/mol. The Labute approximate surface area is 135 Å². The molecule has 3 rings (SSSR count). The van der Waals surface area contributed by atoms with Crippen LogP contribution in [0, 0.1) is 5.82 Å². The number of halogens is 3. The summed E-state index contributed by atoms with van der Waals surface area (Å²) in [6.07, 6.45) is 1.32. The van der Waals surface area contributed by atoms with E-state index in [2.05, 4.69) is 4.99 Å². The van der Waals surface area contributed by atoms with E-state index < -0.39 is 11.8 Å². The second-order valence-corrected chi connectivity index (χ2v) is 5.33. The second-order valence-electron chi connectivity index (χ2n) is 4.48. The molecule has 1 aliphatic rings. The fourth-order valence-electron chi connectivity index (χ4n) is 1.93. The summed E-state index contributed by atoms with van der Waals surface area (Å²) in [6.45, 7) is 0. The third-order valence-corrected chi connectivity index (χ3v) is 3.54. The molecule has 0 radical (unpaired) electrons. The van der Waals surface area contributed by atoms with Crippen molar-refractivity contribution >= 4 is 41.1 Å². The zero-order chi connectivity index (χ0) is 15.7. The summed E-state index contributed by atoms with van der Waals surface area (Å²) in [4.78, 5) is 15.9. The summed E-state index contributed by atoms with van der Waals surface area (Å²) in [6, 6.07) is 10.8. The predicted molar refractivity (Wildman–Crippen MR) is 83.5 cm³/mol. The minimum atomic E-state index is -0.672. The molecule has 0 spiro atoms. The van der Waals surface area contributed by atoms with Crippen molar-refractivity contribution in [2.45, 2.75) is 0 Å². The molecule has 110 valence electrons. The molecule has 22 heavy (non-hydrogen) atoms. The number of nitrogens with zero attached hydrogens (tertiary/aromatic N) is 1. The molecular formula is C16H8Cl2FNO2. The van der Waals surface area contributed by atoms with Gasteiger partial charge in [0.15, 0.2) is 5.70 Å². The molecule has 0 aliphatic carbocycles. The van der Waals surface area contributed by atoms with Crippen LogP contribution in [0.5, 0.6) is 0 Å². The quantitative estimate of drug-likeness (QED) is 0.599. The van der Waals surface area contributed by atoms with Crippen LogP contribution in [-0.2, 0) is 9.53 Å². The Hall–Kier alpha value is -2.17. The van der Waals surface area contributed by atoms with Gasteiger partial charge in [0.05, 0.1) is 10.6 Å². The molecule has 0 N–H and O–H groups in total. The lowest BCUT2D eigenvalue weighted by Gasteiger charge is -2.02. The van der Waals surface area contributed by atoms with Crippen molar-refractivity contribution in [3.8, 4) is 0 Å². The number of hydrogen-bond acceptors (Lipinski definition) is 3. The van der Waals surface area contributed by atoms with Gasteiger partial charge in [0, 0.05) is 10.6 Å². The first kappa shape index (κ1) is 14.8. The number of rotatable bonds is 2. The molecule has 0 saturated heterocycles. The molecular weight excluding hydrogens is 328 g/mol. The monoisotopic (exact) mass is 335 g/mol. The van der Waals surface area contributed by atoms with E-state index in [0.717, 1.165) is 0 Å². The summed E-state index contributed by atoms with van der Waals surface area (Å²) in [5.41, 5.74) is 0.646. The van der Waals surface area contributed by atoms with Crippen molar-refractivity contribution in [3.63, 3.8) is 0 Å². The summed E-state index contributed by atoms with van der Waals surface area (Å²) >= 11 is 11.9. The maximum absolute atomic E-state index is 13.6. The highest BCUT2D eigenvalue weighted by molar-refractivity contribution is 6.36. The summed E-state index contributed by atoms with van der Waals surface area (Å²) in [7, 11) is 0. The van der Waals surface area contributed by atoms with Gasteiger partial charge in [-0.2, -0.15) is 0 Å². The van der Waals surface area contributed by atoms with Gasteiger partial charge >= 0.3 is 5.97 Å². The Morgan fingerprint density at radius 3 is 2.68 bits per heavy atom. The highest BCUT2D eigenvalue weighted by Crippen LogP contribution is 2.26. The first-order valence-electron chi connectivity index (χ1n) is 6.27. The van der Waals surface area contributed by atoms with Crippen LogP contribution in [0.1, 0.15) is 11.1 Å². The molecule has 3 nitrogen and oxygen atoms in total. The predicted octanol–water partition coefficient (Wildman–Crippen LogP) is 4.48. The lowest BCUT2D eigenvalue weighted by molar-refractivity contribution is -0.129. The van der Waals surface area contributed by atoms with Gasteiger partial charge in [-0.25, -0.2) is 14.2 Å².